The molecule has 3 N–H and O–H groups in total. The third kappa shape index (κ3) is 12.2. The van der Waals surface area contributed by atoms with Gasteiger partial charge in [0.25, 0.3) is 0 Å². The van der Waals surface area contributed by atoms with E-state index in [2.05, 4.69) is 19.2 Å². The van der Waals surface area contributed by atoms with Crippen molar-refractivity contribution in [1.82, 2.24) is 5.32 Å². The number of carbonyl (C=O) groups excluding carboxylic acids is 1. The number of carbonyl (C=O) groups is 1. The second kappa shape index (κ2) is 11.2. The fourth-order valence-corrected chi connectivity index (χ4v) is 1.72. The van der Waals surface area contributed by atoms with Crippen molar-refractivity contribution >= 4 is 5.91 Å². The molecule has 0 spiro atoms. The molecule has 0 heterocycles. The highest BCUT2D eigenvalue weighted by Crippen LogP contribution is 2.08. The van der Waals surface area contributed by atoms with Crippen LogP contribution in [0.4, 0.5) is 0 Å². The van der Waals surface area contributed by atoms with Crippen LogP contribution < -0.4 is 11.1 Å². The van der Waals surface area contributed by atoms with E-state index >= 15 is 0 Å². The van der Waals surface area contributed by atoms with Crippen molar-refractivity contribution in [2.45, 2.75) is 59.4 Å². The molecule has 19 heavy (non-hydrogen) atoms. The monoisotopic (exact) mass is 272 g/mol. The third-order valence-electron chi connectivity index (χ3n) is 3.13. The first-order chi connectivity index (χ1) is 8.93. The fourth-order valence-electron chi connectivity index (χ4n) is 1.72. The van der Waals surface area contributed by atoms with Crippen LogP contribution in [-0.2, 0) is 9.53 Å². The van der Waals surface area contributed by atoms with Gasteiger partial charge >= 0.3 is 0 Å². The molecular weight excluding hydrogens is 240 g/mol. The lowest BCUT2D eigenvalue weighted by Gasteiger charge is -2.13. The fraction of sp³-hybridized carbons (Fsp3) is 0.933. The number of hydrogen-bond acceptors (Lipinski definition) is 3. The summed E-state index contributed by atoms with van der Waals surface area (Å²) < 4.78 is 5.46. The van der Waals surface area contributed by atoms with Gasteiger partial charge in [0.1, 0.15) is 0 Å². The van der Waals surface area contributed by atoms with Crippen molar-refractivity contribution in [3.8, 4) is 0 Å². The summed E-state index contributed by atoms with van der Waals surface area (Å²) in [4.78, 5) is 11.8. The molecule has 4 nitrogen and oxygen atoms in total. The summed E-state index contributed by atoms with van der Waals surface area (Å²) >= 11 is 0. The standard InChI is InChI=1S/C15H32N2O2/c1-12(2)8-10-19-11-9-17-15(18)13(3)6-5-7-14(4)16/h12-14H,5-11,16H2,1-4H3,(H,17,18). The van der Waals surface area contributed by atoms with Crippen LogP contribution in [0.25, 0.3) is 0 Å². The largest absolute Gasteiger partial charge is 0.380 e. The molecule has 0 saturated carbocycles. The topological polar surface area (TPSA) is 64.3 Å². The van der Waals surface area contributed by atoms with Crippen molar-refractivity contribution in [3.63, 3.8) is 0 Å². The molecule has 0 aromatic rings. The Morgan fingerprint density at radius 1 is 1.11 bits per heavy atom. The molecular formula is C15H32N2O2. The van der Waals surface area contributed by atoms with Gasteiger partial charge in [-0.15, -0.1) is 0 Å². The van der Waals surface area contributed by atoms with Gasteiger partial charge in [-0.05, 0) is 32.1 Å². The lowest BCUT2D eigenvalue weighted by molar-refractivity contribution is -0.124. The molecule has 114 valence electrons. The number of rotatable bonds is 11. The zero-order valence-electron chi connectivity index (χ0n) is 13.1. The molecule has 2 atom stereocenters. The molecule has 0 saturated heterocycles. The van der Waals surface area contributed by atoms with E-state index in [-0.39, 0.29) is 17.9 Å². The molecule has 0 aliphatic carbocycles. The Morgan fingerprint density at radius 3 is 2.37 bits per heavy atom. The average Bonchev–Trinajstić information content (AvgIpc) is 2.32. The first-order valence-corrected chi connectivity index (χ1v) is 7.54. The van der Waals surface area contributed by atoms with E-state index in [1.54, 1.807) is 0 Å². The summed E-state index contributed by atoms with van der Waals surface area (Å²) in [7, 11) is 0. The Hall–Kier alpha value is -0.610. The number of ether oxygens (including phenoxy) is 1. The van der Waals surface area contributed by atoms with E-state index < -0.39 is 0 Å². The van der Waals surface area contributed by atoms with Crippen LogP contribution in [0, 0.1) is 11.8 Å². The van der Waals surface area contributed by atoms with Crippen molar-refractivity contribution in [2.24, 2.45) is 17.6 Å². The highest BCUT2D eigenvalue weighted by atomic mass is 16.5. The maximum Gasteiger partial charge on any atom is 0.222 e. The molecule has 1 amide bonds. The zero-order chi connectivity index (χ0) is 14.7. The predicted molar refractivity (Wildman–Crippen MR) is 79.9 cm³/mol. The summed E-state index contributed by atoms with van der Waals surface area (Å²) in [6.45, 7) is 10.3. The van der Waals surface area contributed by atoms with E-state index in [0.29, 0.717) is 19.1 Å². The number of nitrogens with two attached hydrogens (primary N) is 1. The van der Waals surface area contributed by atoms with E-state index in [9.17, 15) is 4.79 Å². The molecule has 0 aliphatic heterocycles. The second-order valence-corrected chi connectivity index (χ2v) is 5.90. The maximum atomic E-state index is 11.8. The average molecular weight is 272 g/mol. The van der Waals surface area contributed by atoms with Gasteiger partial charge in [-0.1, -0.05) is 27.2 Å². The summed E-state index contributed by atoms with van der Waals surface area (Å²) in [5.41, 5.74) is 5.69. The van der Waals surface area contributed by atoms with Gasteiger partial charge in [-0.25, -0.2) is 0 Å². The van der Waals surface area contributed by atoms with Crippen LogP contribution in [0.2, 0.25) is 0 Å². The van der Waals surface area contributed by atoms with E-state index in [4.69, 9.17) is 10.5 Å². The van der Waals surface area contributed by atoms with Crippen LogP contribution in [-0.4, -0.2) is 31.7 Å². The van der Waals surface area contributed by atoms with Gasteiger partial charge in [0, 0.05) is 25.1 Å². The first-order valence-electron chi connectivity index (χ1n) is 7.54. The molecule has 0 aromatic carbocycles. The van der Waals surface area contributed by atoms with Crippen LogP contribution in [0.1, 0.15) is 53.4 Å². The summed E-state index contributed by atoms with van der Waals surface area (Å²) in [6.07, 6.45) is 3.97. The van der Waals surface area contributed by atoms with Gasteiger partial charge in [0.05, 0.1) is 6.61 Å². The second-order valence-electron chi connectivity index (χ2n) is 5.90. The Labute approximate surface area is 118 Å². The van der Waals surface area contributed by atoms with Gasteiger partial charge in [-0.2, -0.15) is 0 Å². The molecule has 2 unspecified atom stereocenters. The number of hydrogen-bond donors (Lipinski definition) is 2. The SMILES string of the molecule is CC(C)CCOCCNC(=O)C(C)CCCC(C)N. The normalized spacial score (nSPS) is 14.4. The van der Waals surface area contributed by atoms with Gasteiger partial charge in [0.15, 0.2) is 0 Å². The minimum absolute atomic E-state index is 0.0643. The first kappa shape index (κ1) is 18.4. The molecule has 0 aliphatic rings. The molecule has 0 radical (unpaired) electrons. The Morgan fingerprint density at radius 2 is 1.79 bits per heavy atom. The Balaban J connectivity index is 3.46. The van der Waals surface area contributed by atoms with Crippen LogP contribution in [0.5, 0.6) is 0 Å². The summed E-state index contributed by atoms with van der Waals surface area (Å²) in [5.74, 6) is 0.853. The van der Waals surface area contributed by atoms with Crippen molar-refractivity contribution in [1.29, 1.82) is 0 Å². The highest BCUT2D eigenvalue weighted by molar-refractivity contribution is 5.78. The number of amides is 1. The predicted octanol–water partition coefficient (Wildman–Crippen LogP) is 2.32. The smallest absolute Gasteiger partial charge is 0.222 e. The summed E-state index contributed by atoms with van der Waals surface area (Å²) in [5, 5.41) is 2.91. The Kier molecular flexibility index (Phi) is 10.9. The third-order valence-corrected chi connectivity index (χ3v) is 3.13. The highest BCUT2D eigenvalue weighted by Gasteiger charge is 2.11. The van der Waals surface area contributed by atoms with Crippen molar-refractivity contribution < 1.29 is 9.53 Å². The minimum Gasteiger partial charge on any atom is -0.380 e. The zero-order valence-corrected chi connectivity index (χ0v) is 13.1. The van der Waals surface area contributed by atoms with E-state index in [1.807, 2.05) is 13.8 Å². The number of nitrogens with one attached hydrogen (secondary N) is 1. The quantitative estimate of drug-likeness (QED) is 0.567. The van der Waals surface area contributed by atoms with Gasteiger partial charge in [-0.3, -0.25) is 4.79 Å². The van der Waals surface area contributed by atoms with Crippen LogP contribution in [0.15, 0.2) is 0 Å². The van der Waals surface area contributed by atoms with Gasteiger partial charge in [0.2, 0.25) is 5.91 Å². The van der Waals surface area contributed by atoms with Gasteiger partial charge < -0.3 is 15.8 Å². The summed E-state index contributed by atoms with van der Waals surface area (Å²) in [6, 6.07) is 0.226. The van der Waals surface area contributed by atoms with Crippen LogP contribution in [0.3, 0.4) is 0 Å². The lowest BCUT2D eigenvalue weighted by Crippen LogP contribution is -2.32. The molecule has 4 heteroatoms. The van der Waals surface area contributed by atoms with Crippen molar-refractivity contribution in [2.75, 3.05) is 19.8 Å². The van der Waals surface area contributed by atoms with Crippen molar-refractivity contribution in [3.05, 3.63) is 0 Å². The van der Waals surface area contributed by atoms with E-state index in [0.717, 1.165) is 32.3 Å². The molecule has 0 bridgehead atoms. The Bertz CT molecular complexity index is 230. The van der Waals surface area contributed by atoms with Crippen LogP contribution >= 0.6 is 0 Å². The minimum atomic E-state index is 0.0643. The van der Waals surface area contributed by atoms with E-state index in [1.165, 1.54) is 0 Å². The maximum absolute atomic E-state index is 11.8. The lowest BCUT2D eigenvalue weighted by atomic mass is 10.0. The molecule has 0 rings (SSSR count). The molecule has 0 fully saturated rings. The molecule has 0 aromatic heterocycles.